The van der Waals surface area contributed by atoms with Crippen LogP contribution in [0.2, 0.25) is 0 Å². The van der Waals surface area contributed by atoms with Gasteiger partial charge in [-0.05, 0) is 19.5 Å². The van der Waals surface area contributed by atoms with Crippen LogP contribution < -0.4 is 17.2 Å². The Hall–Kier alpha value is -0.610. The molecule has 0 aromatic heterocycles. The van der Waals surface area contributed by atoms with Gasteiger partial charge in [0.2, 0.25) is 5.91 Å². The van der Waals surface area contributed by atoms with E-state index in [1.807, 2.05) is 0 Å². The van der Waals surface area contributed by atoms with Crippen molar-refractivity contribution >= 4 is 5.91 Å². The van der Waals surface area contributed by atoms with Crippen LogP contribution in [0.25, 0.3) is 0 Å². The van der Waals surface area contributed by atoms with Crippen LogP contribution in [0.1, 0.15) is 13.3 Å². The first-order valence-electron chi connectivity index (χ1n) is 2.81. The van der Waals surface area contributed by atoms with Crippen LogP contribution >= 0.6 is 0 Å². The largest absolute Gasteiger partial charge is 0.370 e. The normalized spacial score (nSPS) is 7.44. The molecule has 0 saturated heterocycles. The number of nitrogens with two attached hydrogens (primary N) is 3. The summed E-state index contributed by atoms with van der Waals surface area (Å²) in [4.78, 5) is 9.22. The summed E-state index contributed by atoms with van der Waals surface area (Å²) >= 11 is 0. The molecule has 0 unspecified atom stereocenters. The molecule has 6 N–H and O–H groups in total. The van der Waals surface area contributed by atoms with Gasteiger partial charge in [0.15, 0.2) is 0 Å². The second kappa shape index (κ2) is 10.4. The molecule has 0 rings (SSSR count). The third kappa shape index (κ3) is 111. The summed E-state index contributed by atoms with van der Waals surface area (Å²) < 4.78 is 0. The topological polar surface area (TPSA) is 95.1 Å². The minimum absolute atomic E-state index is 0.333. The average molecular weight is 133 g/mol. The van der Waals surface area contributed by atoms with Crippen molar-refractivity contribution in [3.8, 4) is 0 Å². The number of hydrogen-bond donors (Lipinski definition) is 3. The minimum atomic E-state index is -0.333. The Morgan fingerprint density at radius 2 is 1.56 bits per heavy atom. The third-order valence-electron chi connectivity index (χ3n) is 0.408. The SMILES string of the molecule is CC(N)=O.NCCCN. The molecule has 4 heteroatoms. The summed E-state index contributed by atoms with van der Waals surface area (Å²) in [5, 5.41) is 0. The molecule has 0 aromatic carbocycles. The molecular weight excluding hydrogens is 118 g/mol. The molecular formula is C5H15N3O. The van der Waals surface area contributed by atoms with Crippen molar-refractivity contribution in [2.45, 2.75) is 13.3 Å². The number of carbonyl (C=O) groups is 1. The smallest absolute Gasteiger partial charge is 0.214 e. The molecule has 0 saturated carbocycles. The molecule has 4 nitrogen and oxygen atoms in total. The highest BCUT2D eigenvalue weighted by Crippen LogP contribution is 1.58. The maximum atomic E-state index is 9.22. The van der Waals surface area contributed by atoms with E-state index in [1.165, 1.54) is 6.92 Å². The first-order chi connectivity index (χ1) is 4.15. The van der Waals surface area contributed by atoms with Gasteiger partial charge in [-0.2, -0.15) is 0 Å². The van der Waals surface area contributed by atoms with Crippen LogP contribution in [0, 0.1) is 0 Å². The van der Waals surface area contributed by atoms with Gasteiger partial charge in [0.1, 0.15) is 0 Å². The molecule has 0 bridgehead atoms. The van der Waals surface area contributed by atoms with Crippen molar-refractivity contribution in [1.29, 1.82) is 0 Å². The number of amides is 1. The Kier molecular flexibility index (Phi) is 13.0. The van der Waals surface area contributed by atoms with Gasteiger partial charge in [0.25, 0.3) is 0 Å². The van der Waals surface area contributed by atoms with Crippen LogP contribution in [0.5, 0.6) is 0 Å². The van der Waals surface area contributed by atoms with Gasteiger partial charge < -0.3 is 17.2 Å². The zero-order valence-electron chi connectivity index (χ0n) is 5.76. The van der Waals surface area contributed by atoms with E-state index in [2.05, 4.69) is 5.73 Å². The summed E-state index contributed by atoms with van der Waals surface area (Å²) in [6, 6.07) is 0. The molecule has 0 heterocycles. The molecule has 0 aliphatic carbocycles. The first-order valence-corrected chi connectivity index (χ1v) is 2.81. The van der Waals surface area contributed by atoms with Gasteiger partial charge in [-0.25, -0.2) is 0 Å². The van der Waals surface area contributed by atoms with Crippen molar-refractivity contribution in [2.24, 2.45) is 17.2 Å². The zero-order valence-corrected chi connectivity index (χ0v) is 5.76. The van der Waals surface area contributed by atoms with Crippen LogP contribution in [0.4, 0.5) is 0 Å². The molecule has 9 heavy (non-hydrogen) atoms. The maximum Gasteiger partial charge on any atom is 0.214 e. The molecule has 0 aliphatic rings. The molecule has 1 amide bonds. The Morgan fingerprint density at radius 3 is 1.56 bits per heavy atom. The van der Waals surface area contributed by atoms with E-state index in [9.17, 15) is 4.79 Å². The highest BCUT2D eigenvalue weighted by Gasteiger charge is 1.67. The van der Waals surface area contributed by atoms with Crippen molar-refractivity contribution in [3.05, 3.63) is 0 Å². The molecule has 0 aliphatic heterocycles. The molecule has 56 valence electrons. The van der Waals surface area contributed by atoms with Crippen LogP contribution in [0.15, 0.2) is 0 Å². The summed E-state index contributed by atoms with van der Waals surface area (Å²) in [5.74, 6) is -0.333. The highest BCUT2D eigenvalue weighted by molar-refractivity contribution is 5.70. The van der Waals surface area contributed by atoms with E-state index in [0.29, 0.717) is 0 Å². The number of hydrogen-bond acceptors (Lipinski definition) is 3. The van der Waals surface area contributed by atoms with E-state index >= 15 is 0 Å². The Bertz CT molecular complexity index is 59.2. The Labute approximate surface area is 55.4 Å². The van der Waals surface area contributed by atoms with Gasteiger partial charge in [0.05, 0.1) is 0 Å². The fourth-order valence-electron chi connectivity index (χ4n) is 0.118. The quantitative estimate of drug-likeness (QED) is 0.441. The van der Waals surface area contributed by atoms with Gasteiger partial charge in [-0.3, -0.25) is 4.79 Å². The standard InChI is InChI=1S/C3H10N2.C2H5NO/c4-2-1-3-5;1-2(3)4/h1-5H2;1H3,(H2,3,4). The van der Waals surface area contributed by atoms with Crippen LogP contribution in [-0.2, 0) is 4.79 Å². The molecule has 0 aromatic rings. The zero-order chi connectivity index (χ0) is 7.70. The second-order valence-electron chi connectivity index (χ2n) is 1.54. The lowest BCUT2D eigenvalue weighted by Crippen LogP contribution is -2.06. The summed E-state index contributed by atoms with van der Waals surface area (Å²) in [6.07, 6.45) is 0.944. The third-order valence-corrected chi connectivity index (χ3v) is 0.408. The summed E-state index contributed by atoms with van der Waals surface area (Å²) in [6.45, 7) is 2.74. The van der Waals surface area contributed by atoms with Gasteiger partial charge in [0, 0.05) is 6.92 Å². The average Bonchev–Trinajstić information content (AvgIpc) is 1.66. The van der Waals surface area contributed by atoms with Crippen molar-refractivity contribution in [2.75, 3.05) is 13.1 Å². The van der Waals surface area contributed by atoms with Crippen molar-refractivity contribution < 1.29 is 4.79 Å². The van der Waals surface area contributed by atoms with E-state index in [1.54, 1.807) is 0 Å². The maximum absolute atomic E-state index is 9.22. The summed E-state index contributed by atoms with van der Waals surface area (Å²) in [7, 11) is 0. The number of rotatable bonds is 2. The molecule has 0 spiro atoms. The number of primary amides is 1. The predicted octanol–water partition coefficient (Wildman–Crippen LogP) is -1.21. The lowest BCUT2D eigenvalue weighted by Gasteiger charge is -1.81. The van der Waals surface area contributed by atoms with Crippen molar-refractivity contribution in [3.63, 3.8) is 0 Å². The second-order valence-corrected chi connectivity index (χ2v) is 1.54. The Morgan fingerprint density at radius 1 is 1.33 bits per heavy atom. The van der Waals surface area contributed by atoms with Gasteiger partial charge >= 0.3 is 0 Å². The molecule has 0 radical (unpaired) electrons. The van der Waals surface area contributed by atoms with Crippen molar-refractivity contribution in [1.82, 2.24) is 0 Å². The lowest BCUT2D eigenvalue weighted by atomic mass is 10.4. The van der Waals surface area contributed by atoms with E-state index < -0.39 is 0 Å². The predicted molar refractivity (Wildman–Crippen MR) is 37.6 cm³/mol. The van der Waals surface area contributed by atoms with Crippen LogP contribution in [-0.4, -0.2) is 19.0 Å². The van der Waals surface area contributed by atoms with Gasteiger partial charge in [-0.1, -0.05) is 0 Å². The highest BCUT2D eigenvalue weighted by atomic mass is 16.1. The monoisotopic (exact) mass is 133 g/mol. The van der Waals surface area contributed by atoms with E-state index in [4.69, 9.17) is 11.5 Å². The Balaban J connectivity index is 0. The van der Waals surface area contributed by atoms with E-state index in [-0.39, 0.29) is 5.91 Å². The minimum Gasteiger partial charge on any atom is -0.370 e. The number of carbonyl (C=O) groups excluding carboxylic acids is 1. The van der Waals surface area contributed by atoms with Crippen LogP contribution in [0.3, 0.4) is 0 Å². The lowest BCUT2D eigenvalue weighted by molar-refractivity contribution is -0.115. The van der Waals surface area contributed by atoms with Gasteiger partial charge in [-0.15, -0.1) is 0 Å². The van der Waals surface area contributed by atoms with E-state index in [0.717, 1.165) is 19.5 Å². The summed E-state index contributed by atoms with van der Waals surface area (Å²) in [5.41, 5.74) is 14.6. The fraction of sp³-hybridized carbons (Fsp3) is 0.800. The molecule has 0 fully saturated rings. The molecule has 0 atom stereocenters. The fourth-order valence-corrected chi connectivity index (χ4v) is 0.118. The first kappa shape index (κ1) is 11.2.